The molecule has 1 aromatic carbocycles. The van der Waals surface area contributed by atoms with Crippen LogP contribution >= 0.6 is 0 Å². The van der Waals surface area contributed by atoms with Gasteiger partial charge in [-0.1, -0.05) is 30.3 Å². The zero-order chi connectivity index (χ0) is 14.8. The lowest BCUT2D eigenvalue weighted by Crippen LogP contribution is -2.20. The summed E-state index contributed by atoms with van der Waals surface area (Å²) in [6.45, 7) is 7.25. The van der Waals surface area contributed by atoms with Crippen LogP contribution in [0.25, 0.3) is 5.65 Å². The van der Waals surface area contributed by atoms with Crippen molar-refractivity contribution >= 4 is 5.65 Å². The van der Waals surface area contributed by atoms with E-state index in [9.17, 15) is 0 Å². The number of imidazole rings is 1. The molecule has 0 unspecified atom stereocenters. The number of benzene rings is 1. The van der Waals surface area contributed by atoms with Crippen molar-refractivity contribution in [1.82, 2.24) is 14.7 Å². The van der Waals surface area contributed by atoms with Gasteiger partial charge in [-0.3, -0.25) is 0 Å². The normalized spacial score (nSPS) is 12.7. The largest absolute Gasteiger partial charge is 0.305 e. The molecule has 0 saturated heterocycles. The second kappa shape index (κ2) is 5.70. The summed E-state index contributed by atoms with van der Waals surface area (Å²) in [4.78, 5) is 4.60. The predicted molar refractivity (Wildman–Crippen MR) is 86.4 cm³/mol. The van der Waals surface area contributed by atoms with Gasteiger partial charge in [0.15, 0.2) is 0 Å². The van der Waals surface area contributed by atoms with E-state index in [2.05, 4.69) is 65.9 Å². The van der Waals surface area contributed by atoms with E-state index in [0.717, 1.165) is 17.9 Å². The summed E-state index contributed by atoms with van der Waals surface area (Å²) < 4.78 is 2.16. The lowest BCUT2D eigenvalue weighted by Gasteiger charge is -2.16. The van der Waals surface area contributed by atoms with Gasteiger partial charge in [0.1, 0.15) is 5.65 Å². The monoisotopic (exact) mass is 279 g/mol. The lowest BCUT2D eigenvalue weighted by molar-refractivity contribution is 0.562. The Kier molecular flexibility index (Phi) is 3.76. The lowest BCUT2D eigenvalue weighted by atomic mass is 10.0. The van der Waals surface area contributed by atoms with Crippen molar-refractivity contribution in [3.63, 3.8) is 0 Å². The Morgan fingerprint density at radius 2 is 1.86 bits per heavy atom. The van der Waals surface area contributed by atoms with Gasteiger partial charge in [-0.15, -0.1) is 0 Å². The van der Waals surface area contributed by atoms with Gasteiger partial charge >= 0.3 is 0 Å². The minimum atomic E-state index is 0.319. The highest BCUT2D eigenvalue weighted by Crippen LogP contribution is 2.18. The smallest absolute Gasteiger partial charge is 0.137 e. The van der Waals surface area contributed by atoms with Crippen LogP contribution in [0.15, 0.2) is 48.7 Å². The number of aromatic nitrogens is 2. The van der Waals surface area contributed by atoms with Crippen LogP contribution in [-0.4, -0.2) is 9.38 Å². The molecular weight excluding hydrogens is 258 g/mol. The fourth-order valence-corrected chi connectivity index (χ4v) is 2.81. The van der Waals surface area contributed by atoms with Gasteiger partial charge in [-0.2, -0.15) is 0 Å². The summed E-state index contributed by atoms with van der Waals surface area (Å²) in [5.41, 5.74) is 6.00. The molecule has 0 radical (unpaired) electrons. The molecular formula is C18H21N3. The maximum atomic E-state index is 4.60. The maximum absolute atomic E-state index is 4.60. The van der Waals surface area contributed by atoms with Gasteiger partial charge in [0.25, 0.3) is 0 Å². The predicted octanol–water partition coefficient (Wildman–Crippen LogP) is 3.80. The molecule has 3 nitrogen and oxygen atoms in total. The van der Waals surface area contributed by atoms with E-state index in [1.54, 1.807) is 0 Å². The molecule has 1 N–H and O–H groups in total. The first-order valence-electron chi connectivity index (χ1n) is 7.38. The Balaban J connectivity index is 1.81. The van der Waals surface area contributed by atoms with Gasteiger partial charge in [0, 0.05) is 18.8 Å². The number of hydrogen-bond acceptors (Lipinski definition) is 2. The molecule has 0 aliphatic rings. The van der Waals surface area contributed by atoms with Crippen molar-refractivity contribution in [2.45, 2.75) is 33.4 Å². The van der Waals surface area contributed by atoms with Crippen molar-refractivity contribution < 1.29 is 0 Å². The molecule has 0 saturated carbocycles. The SMILES string of the molecule is Cc1ccccc1[C@H](C)NCc1c(C)nc2ccccn12. The average molecular weight is 279 g/mol. The molecule has 0 amide bonds. The second-order valence-corrected chi connectivity index (χ2v) is 5.53. The summed E-state index contributed by atoms with van der Waals surface area (Å²) in [7, 11) is 0. The summed E-state index contributed by atoms with van der Waals surface area (Å²) in [5.74, 6) is 0. The molecule has 0 fully saturated rings. The number of aryl methyl sites for hydroxylation is 2. The highest BCUT2D eigenvalue weighted by Gasteiger charge is 2.11. The standard InChI is InChI=1S/C18H21N3/c1-13-8-4-5-9-16(13)14(2)19-12-17-15(3)20-18-10-6-7-11-21(17)18/h4-11,14,19H,12H2,1-3H3/t14-/m0/s1. The molecule has 3 heteroatoms. The molecule has 0 aliphatic carbocycles. The summed E-state index contributed by atoms with van der Waals surface area (Å²) >= 11 is 0. The molecule has 3 rings (SSSR count). The second-order valence-electron chi connectivity index (χ2n) is 5.53. The minimum absolute atomic E-state index is 0.319. The van der Waals surface area contributed by atoms with Gasteiger partial charge in [-0.25, -0.2) is 4.98 Å². The van der Waals surface area contributed by atoms with Crippen molar-refractivity contribution in [1.29, 1.82) is 0 Å². The third kappa shape index (κ3) is 2.69. The van der Waals surface area contributed by atoms with Gasteiger partial charge < -0.3 is 9.72 Å². The van der Waals surface area contributed by atoms with Crippen molar-refractivity contribution in [3.05, 3.63) is 71.2 Å². The topological polar surface area (TPSA) is 29.3 Å². The van der Waals surface area contributed by atoms with Crippen LogP contribution in [0.1, 0.15) is 35.5 Å². The van der Waals surface area contributed by atoms with Crippen molar-refractivity contribution in [2.75, 3.05) is 0 Å². The molecule has 108 valence electrons. The summed E-state index contributed by atoms with van der Waals surface area (Å²) in [6, 6.07) is 15.0. The fourth-order valence-electron chi connectivity index (χ4n) is 2.81. The molecule has 0 spiro atoms. The quantitative estimate of drug-likeness (QED) is 0.787. The molecule has 2 heterocycles. The first-order chi connectivity index (χ1) is 10.2. The first kappa shape index (κ1) is 13.8. The Bertz CT molecular complexity index is 758. The van der Waals surface area contributed by atoms with Crippen LogP contribution in [0.2, 0.25) is 0 Å². The molecule has 1 atom stereocenters. The third-order valence-electron chi connectivity index (χ3n) is 4.06. The molecule has 21 heavy (non-hydrogen) atoms. The molecule has 2 aromatic heterocycles. The number of fused-ring (bicyclic) bond motifs is 1. The van der Waals surface area contributed by atoms with Crippen LogP contribution in [0.4, 0.5) is 0 Å². The van der Waals surface area contributed by atoms with E-state index < -0.39 is 0 Å². The summed E-state index contributed by atoms with van der Waals surface area (Å²) in [5, 5.41) is 3.61. The number of nitrogens with one attached hydrogen (secondary N) is 1. The zero-order valence-electron chi connectivity index (χ0n) is 12.8. The van der Waals surface area contributed by atoms with E-state index in [1.807, 2.05) is 18.2 Å². The highest BCUT2D eigenvalue weighted by molar-refractivity contribution is 5.42. The van der Waals surface area contributed by atoms with E-state index in [0.29, 0.717) is 6.04 Å². The number of rotatable bonds is 4. The number of nitrogens with zero attached hydrogens (tertiary/aromatic N) is 2. The molecule has 0 aliphatic heterocycles. The molecule has 3 aromatic rings. The van der Waals surface area contributed by atoms with E-state index >= 15 is 0 Å². The summed E-state index contributed by atoms with van der Waals surface area (Å²) in [6.07, 6.45) is 2.07. The highest BCUT2D eigenvalue weighted by atomic mass is 15.0. The van der Waals surface area contributed by atoms with Crippen LogP contribution in [0, 0.1) is 13.8 Å². The van der Waals surface area contributed by atoms with Crippen molar-refractivity contribution in [2.24, 2.45) is 0 Å². The van der Waals surface area contributed by atoms with E-state index in [1.165, 1.54) is 16.8 Å². The Morgan fingerprint density at radius 1 is 1.10 bits per heavy atom. The molecule has 0 bridgehead atoms. The maximum Gasteiger partial charge on any atom is 0.137 e. The van der Waals surface area contributed by atoms with Gasteiger partial charge in [0.2, 0.25) is 0 Å². The van der Waals surface area contributed by atoms with Crippen LogP contribution in [0.5, 0.6) is 0 Å². The number of pyridine rings is 1. The number of hydrogen-bond donors (Lipinski definition) is 1. The van der Waals surface area contributed by atoms with E-state index in [-0.39, 0.29) is 0 Å². The Labute approximate surface area is 125 Å². The van der Waals surface area contributed by atoms with Crippen LogP contribution < -0.4 is 5.32 Å². The fraction of sp³-hybridized carbons (Fsp3) is 0.278. The van der Waals surface area contributed by atoms with Crippen LogP contribution in [-0.2, 0) is 6.54 Å². The zero-order valence-corrected chi connectivity index (χ0v) is 12.8. The first-order valence-corrected chi connectivity index (χ1v) is 7.38. The van der Waals surface area contributed by atoms with E-state index in [4.69, 9.17) is 0 Å². The third-order valence-corrected chi connectivity index (χ3v) is 4.06. The Hall–Kier alpha value is -2.13. The van der Waals surface area contributed by atoms with Crippen LogP contribution in [0.3, 0.4) is 0 Å². The van der Waals surface area contributed by atoms with Gasteiger partial charge in [0.05, 0.1) is 11.4 Å². The van der Waals surface area contributed by atoms with Crippen molar-refractivity contribution in [3.8, 4) is 0 Å². The van der Waals surface area contributed by atoms with Gasteiger partial charge in [-0.05, 0) is 44.0 Å². The average Bonchev–Trinajstić information content (AvgIpc) is 2.81. The Morgan fingerprint density at radius 3 is 2.67 bits per heavy atom. The minimum Gasteiger partial charge on any atom is -0.305 e.